The van der Waals surface area contributed by atoms with Crippen LogP contribution in [0.3, 0.4) is 0 Å². The van der Waals surface area contributed by atoms with Gasteiger partial charge in [0.2, 0.25) is 11.1 Å². The minimum atomic E-state index is -2.05. The van der Waals surface area contributed by atoms with Gasteiger partial charge in [0.1, 0.15) is 129 Å². The molecule has 0 unspecified atom stereocenters. The maximum Gasteiger partial charge on any atom is 0.564 e. The average Bonchev–Trinajstić information content (AvgIpc) is 1.59. The van der Waals surface area contributed by atoms with Crippen molar-refractivity contribution < 1.29 is 44.4 Å². The standard InChI is InChI=1S/C40H8F4N16.C29H6ClF4N11.C17H14BN5O2/c1-51-27(15-50)40-55-26-9-7-17(19(11-46)34(26)57-40)36-58-35(59-39(60-36)22(14-49)38-52-23-4-2-3-5-24(23)53-38)16-6-8-25-33(18(16)10-45)56-37(54-25)20(12-47)28-31(43)29(41)21(13-48)30(42)32(28)44;30-29-44-25(43-28(45-29)15(10-38)27-39-16-3-1-2-4-17(16)40-27)11-5-6-18-24(12(11)7-35)42-26(41-18)13(8-36)19-22(33)20(31)14(9-37)21(32)23(19)34;1-16(2)17(3,4)25-18(24-16)11-7-8-12-13(10(11)9-19)23-15(22-12)14(20-5)21-6/h2-9H;1-6H;7-8H,1-4H3/b37-20+,40-27+;26-13+;. The molecule has 8 aromatic carbocycles. The lowest BCUT2D eigenvalue weighted by molar-refractivity contribution is 0.00578. The van der Waals surface area contributed by atoms with Crippen molar-refractivity contribution in [3.8, 4) is 101 Å². The summed E-state index contributed by atoms with van der Waals surface area (Å²) in [5.74, 6) is -19.4. The maximum atomic E-state index is 15.1. The summed E-state index contributed by atoms with van der Waals surface area (Å²) in [4.78, 5) is 85.8. The Labute approximate surface area is 724 Å². The molecule has 0 amide bonds. The third-order valence-electron chi connectivity index (χ3n) is 19.9. The molecule has 44 heteroatoms. The molecule has 2 aromatic heterocycles. The summed E-state index contributed by atoms with van der Waals surface area (Å²) in [7, 11) is -0.700. The Hall–Kier alpha value is -19.6. The van der Waals surface area contributed by atoms with Crippen LogP contribution >= 0.6 is 11.6 Å². The molecule has 0 saturated carbocycles. The van der Waals surface area contributed by atoms with Gasteiger partial charge < -0.3 is 9.31 Å². The Balaban J connectivity index is 0.000000162. The summed E-state index contributed by atoms with van der Waals surface area (Å²) in [6, 6.07) is 43.6. The molecule has 34 nitrogen and oxygen atoms in total. The number of aromatic nitrogens is 6. The number of para-hydroxylation sites is 4. The molecule has 7 aliphatic rings. The highest BCUT2D eigenvalue weighted by Crippen LogP contribution is 2.39. The van der Waals surface area contributed by atoms with Crippen LogP contribution in [0.4, 0.5) is 35.1 Å². The monoisotopic (exact) mass is 1740 g/mol. The lowest BCUT2D eigenvalue weighted by Gasteiger charge is -2.32. The second-order valence-corrected chi connectivity index (χ2v) is 28.0. The van der Waals surface area contributed by atoms with Crippen molar-refractivity contribution in [2.45, 2.75) is 38.9 Å². The van der Waals surface area contributed by atoms with E-state index >= 15 is 8.78 Å². The molecule has 0 spiro atoms. The predicted molar refractivity (Wildman–Crippen MR) is 420 cm³/mol. The summed E-state index contributed by atoms with van der Waals surface area (Å²) in [5.41, 5.74) is -9.90. The van der Waals surface area contributed by atoms with Crippen LogP contribution in [0.2, 0.25) is 5.28 Å². The van der Waals surface area contributed by atoms with Gasteiger partial charge in [0.25, 0.3) is 0 Å². The first kappa shape index (κ1) is 85.4. The minimum absolute atomic E-state index is 0.0132. The van der Waals surface area contributed by atoms with Crippen molar-refractivity contribution in [3.63, 3.8) is 0 Å². The van der Waals surface area contributed by atoms with Gasteiger partial charge in [-0.2, -0.15) is 72.3 Å². The van der Waals surface area contributed by atoms with E-state index in [-0.39, 0.29) is 146 Å². The molecule has 17 rings (SSSR count). The fraction of sp³-hybridized carbons (Fsp3) is 0.0698. The first-order valence-electron chi connectivity index (χ1n) is 36.3. The van der Waals surface area contributed by atoms with Crippen LogP contribution in [0.5, 0.6) is 0 Å². The fourth-order valence-corrected chi connectivity index (χ4v) is 13.2. The normalized spacial score (nSPS) is 14.8. The Morgan fingerprint density at radius 2 is 0.638 bits per heavy atom. The van der Waals surface area contributed by atoms with Gasteiger partial charge in [0.15, 0.2) is 105 Å². The summed E-state index contributed by atoms with van der Waals surface area (Å²) < 4.78 is 130. The van der Waals surface area contributed by atoms with Gasteiger partial charge >= 0.3 is 18.6 Å². The molecule has 0 radical (unpaired) electrons. The van der Waals surface area contributed by atoms with Crippen LogP contribution in [0.25, 0.3) is 71.0 Å². The number of halogens is 9. The molecule has 10 aromatic rings. The third kappa shape index (κ3) is 14.5. The SMILES string of the molecule is N#CC(=C1N=c2ccccc2=N1)c1nc(Cl)nc(-c2ccc3c(c2C#N)=N/C(=C(\C#N)c2c(F)c(F)c(C#N)c(F)c2F)N=3)n1.[C-]#[N+]/C(C#N)=C1\N=c2ccc(-c3nc(C(C#N)=C4N=c5ccccc5=N4)nc(-c4ccc5c(c4C#N)=N/C(=C(\C#N)c4c(F)c(F)c(C#N)c(F)c4F)N=5)n3)c(C#N)c2=N1.[C-]#[N+]C([N+]#[C-])=C1N=c2ccc(B3OC(C)(C)C(C)(C)O3)c(C#N)c2=N1. The lowest BCUT2D eigenvalue weighted by Crippen LogP contribution is -2.42. The van der Waals surface area contributed by atoms with Crippen LogP contribution in [-0.4, -0.2) is 48.2 Å². The number of allylic oxidation sites excluding steroid dienone is 5. The van der Waals surface area contributed by atoms with Gasteiger partial charge in [0, 0.05) is 22.2 Å². The lowest BCUT2D eigenvalue weighted by atomic mass is 9.76. The zero-order valence-corrected chi connectivity index (χ0v) is 66.1. The molecular formula is C86H28BClF8N32O2. The minimum Gasteiger partial charge on any atom is -0.399 e. The number of hydrogen-bond donors (Lipinski definition) is 0. The summed E-state index contributed by atoms with van der Waals surface area (Å²) in [6.45, 7) is 29.1. The van der Waals surface area contributed by atoms with Gasteiger partial charge in [-0.3, -0.25) is 0 Å². The van der Waals surface area contributed by atoms with Crippen molar-refractivity contribution >= 4 is 46.5 Å². The second kappa shape index (κ2) is 33.7. The Morgan fingerprint density at radius 1 is 0.331 bits per heavy atom. The van der Waals surface area contributed by atoms with Gasteiger partial charge in [-0.05, 0) is 106 Å². The van der Waals surface area contributed by atoms with E-state index in [2.05, 4.69) is 110 Å². The van der Waals surface area contributed by atoms with E-state index in [4.69, 9.17) is 51.1 Å². The highest BCUT2D eigenvalue weighted by molar-refractivity contribution is 6.62. The van der Waals surface area contributed by atoms with E-state index in [0.29, 0.717) is 37.6 Å². The largest absolute Gasteiger partial charge is 0.564 e. The van der Waals surface area contributed by atoms with Crippen molar-refractivity contribution in [1.29, 1.82) is 57.9 Å². The molecule has 9 heterocycles. The first-order valence-corrected chi connectivity index (χ1v) is 36.6. The molecule has 1 saturated heterocycles. The van der Waals surface area contributed by atoms with Gasteiger partial charge in [0.05, 0.1) is 100 Å². The molecule has 0 atom stereocenters. The smallest absolute Gasteiger partial charge is 0.399 e. The highest BCUT2D eigenvalue weighted by Gasteiger charge is 2.53. The Bertz CT molecular complexity index is 8680. The molecule has 130 heavy (non-hydrogen) atoms. The maximum absolute atomic E-state index is 15.1. The third-order valence-corrected chi connectivity index (χ3v) is 20.1. The Morgan fingerprint density at radius 3 is 0.985 bits per heavy atom. The van der Waals surface area contributed by atoms with E-state index in [1.165, 1.54) is 48.5 Å². The van der Waals surface area contributed by atoms with E-state index in [0.717, 1.165) is 12.1 Å². The average molecular weight is 1740 g/mol. The Kier molecular flexibility index (Phi) is 22.1. The summed E-state index contributed by atoms with van der Waals surface area (Å²) >= 11 is 6.16. The second-order valence-electron chi connectivity index (χ2n) is 27.6. The number of rotatable bonds is 8. The van der Waals surface area contributed by atoms with Crippen molar-refractivity contribution in [1.82, 2.24) is 29.9 Å². The predicted octanol–water partition coefficient (Wildman–Crippen LogP) is 6.39. The topological polar surface area (TPSA) is 519 Å². The van der Waals surface area contributed by atoms with Crippen molar-refractivity contribution in [2.75, 3.05) is 0 Å². The molecule has 0 aliphatic carbocycles. The quantitative estimate of drug-likeness (QED) is 0.0522. The van der Waals surface area contributed by atoms with Crippen LogP contribution in [0.1, 0.15) is 83.9 Å². The molecule has 610 valence electrons. The summed E-state index contributed by atoms with van der Waals surface area (Å²) in [5, 5.41) is 110. The molecule has 1 fully saturated rings. The number of nitrogens with zero attached hydrogens (tertiary/aromatic N) is 32. The zero-order valence-electron chi connectivity index (χ0n) is 65.3. The van der Waals surface area contributed by atoms with Crippen molar-refractivity contribution in [2.24, 2.45) is 59.9 Å². The van der Waals surface area contributed by atoms with E-state index in [9.17, 15) is 73.7 Å². The fourth-order valence-electron chi connectivity index (χ4n) is 13.1. The van der Waals surface area contributed by atoms with E-state index in [1.807, 2.05) is 58.0 Å². The number of nitriles is 11. The highest BCUT2D eigenvalue weighted by atomic mass is 35.5. The summed E-state index contributed by atoms with van der Waals surface area (Å²) in [6.07, 6.45) is 0. The van der Waals surface area contributed by atoms with E-state index < -0.39 is 116 Å². The molecule has 0 N–H and O–H groups in total. The van der Waals surface area contributed by atoms with E-state index in [1.54, 1.807) is 66.7 Å². The van der Waals surface area contributed by atoms with Gasteiger partial charge in [-0.15, -0.1) is 0 Å². The number of fused-ring (bicyclic) bond motifs is 6. The zero-order chi connectivity index (χ0) is 92.8. The van der Waals surface area contributed by atoms with Crippen LogP contribution in [0.15, 0.2) is 203 Å². The van der Waals surface area contributed by atoms with Crippen LogP contribution in [-0.2, 0) is 9.31 Å². The van der Waals surface area contributed by atoms with Gasteiger partial charge in [-0.25, -0.2) is 125 Å². The molecular weight excluding hydrogens is 1710 g/mol. The molecule has 0 bridgehead atoms. The molecule has 7 aliphatic heterocycles. The first-order chi connectivity index (χ1) is 62.5. The van der Waals surface area contributed by atoms with Crippen LogP contribution in [0, 0.1) is 191 Å². The van der Waals surface area contributed by atoms with Gasteiger partial charge in [-0.1, -0.05) is 30.3 Å². The van der Waals surface area contributed by atoms with Crippen molar-refractivity contribution in [3.05, 3.63) is 350 Å². The number of hydrogen-bond acceptors (Lipinski definition) is 31. The van der Waals surface area contributed by atoms with Crippen LogP contribution < -0.4 is 69.7 Å². The number of benzene rings is 8.